The number of benzene rings is 1. The Kier molecular flexibility index (Phi) is 3.55. The standard InChI is InChI=1S/C17H19N3O5/c1-19-12-9-11(3-4-13(12)24-16(19)23)14(21)20-7-2-5-17(6-8-20)10-18-15(22)25-17/h3-4,9H,2,5-8,10H2,1H3,(H,18,22). The van der Waals surface area contributed by atoms with Crippen molar-refractivity contribution in [1.82, 2.24) is 14.8 Å². The van der Waals surface area contributed by atoms with Crippen molar-refractivity contribution in [1.29, 1.82) is 0 Å². The van der Waals surface area contributed by atoms with Crippen LogP contribution in [0.25, 0.3) is 11.1 Å². The molecule has 3 heterocycles. The molecule has 2 amide bonds. The lowest BCUT2D eigenvalue weighted by Gasteiger charge is -2.25. The van der Waals surface area contributed by atoms with E-state index in [9.17, 15) is 14.4 Å². The predicted molar refractivity (Wildman–Crippen MR) is 88.4 cm³/mol. The average Bonchev–Trinajstić information content (AvgIpc) is 3.01. The Bertz CT molecular complexity index is 915. The van der Waals surface area contributed by atoms with Crippen molar-refractivity contribution in [2.24, 2.45) is 7.05 Å². The minimum absolute atomic E-state index is 0.0927. The maximum atomic E-state index is 12.9. The molecule has 2 aliphatic heterocycles. The second-order valence-corrected chi connectivity index (χ2v) is 6.68. The van der Waals surface area contributed by atoms with Crippen LogP contribution in [0.5, 0.6) is 0 Å². The number of aryl methyl sites for hydroxylation is 1. The molecule has 2 saturated heterocycles. The predicted octanol–water partition coefficient (Wildman–Crippen LogP) is 1.24. The summed E-state index contributed by atoms with van der Waals surface area (Å²) >= 11 is 0. The Morgan fingerprint density at radius 1 is 1.24 bits per heavy atom. The molecule has 0 radical (unpaired) electrons. The molecular weight excluding hydrogens is 326 g/mol. The van der Waals surface area contributed by atoms with Gasteiger partial charge in [-0.3, -0.25) is 9.36 Å². The van der Waals surface area contributed by atoms with Crippen molar-refractivity contribution >= 4 is 23.1 Å². The van der Waals surface area contributed by atoms with Crippen LogP contribution in [0.4, 0.5) is 4.79 Å². The van der Waals surface area contributed by atoms with E-state index in [0.29, 0.717) is 42.7 Å². The lowest BCUT2D eigenvalue weighted by molar-refractivity contribution is 0.0438. The zero-order valence-corrected chi connectivity index (χ0v) is 13.9. The van der Waals surface area contributed by atoms with Gasteiger partial charge in [0.25, 0.3) is 5.91 Å². The molecular formula is C17H19N3O5. The monoisotopic (exact) mass is 345 g/mol. The fourth-order valence-corrected chi connectivity index (χ4v) is 3.59. The van der Waals surface area contributed by atoms with E-state index in [4.69, 9.17) is 9.15 Å². The van der Waals surface area contributed by atoms with Crippen molar-refractivity contribution in [2.45, 2.75) is 24.9 Å². The summed E-state index contributed by atoms with van der Waals surface area (Å²) in [5.74, 6) is -0.545. The maximum Gasteiger partial charge on any atom is 0.419 e. The highest BCUT2D eigenvalue weighted by Crippen LogP contribution is 2.30. The molecule has 0 aliphatic carbocycles. The van der Waals surface area contributed by atoms with Crippen LogP contribution in [0, 0.1) is 0 Å². The Balaban J connectivity index is 1.55. The van der Waals surface area contributed by atoms with E-state index in [1.165, 1.54) is 4.57 Å². The first-order chi connectivity index (χ1) is 12.0. The maximum absolute atomic E-state index is 12.9. The number of likely N-dealkylation sites (tertiary alicyclic amines) is 1. The molecule has 4 rings (SSSR count). The summed E-state index contributed by atoms with van der Waals surface area (Å²) < 4.78 is 11.9. The van der Waals surface area contributed by atoms with Crippen LogP contribution in [0.1, 0.15) is 29.6 Å². The molecule has 8 nitrogen and oxygen atoms in total. The van der Waals surface area contributed by atoms with Gasteiger partial charge in [0.1, 0.15) is 5.60 Å². The van der Waals surface area contributed by atoms with E-state index in [2.05, 4.69) is 5.32 Å². The lowest BCUT2D eigenvalue weighted by atomic mass is 9.95. The summed E-state index contributed by atoms with van der Waals surface area (Å²) in [6, 6.07) is 5.00. The SMILES string of the molecule is Cn1c(=O)oc2ccc(C(=O)N3CCCC4(CC3)CNC(=O)O4)cc21. The average molecular weight is 345 g/mol. The third-order valence-corrected chi connectivity index (χ3v) is 5.09. The smallest absolute Gasteiger partial charge is 0.419 e. The highest BCUT2D eigenvalue weighted by Gasteiger charge is 2.41. The number of ether oxygens (including phenoxy) is 1. The number of oxazole rings is 1. The van der Waals surface area contributed by atoms with Crippen LogP contribution < -0.4 is 11.1 Å². The molecule has 2 aliphatic rings. The van der Waals surface area contributed by atoms with Gasteiger partial charge in [-0.1, -0.05) is 0 Å². The van der Waals surface area contributed by atoms with E-state index in [1.807, 2.05) is 0 Å². The summed E-state index contributed by atoms with van der Waals surface area (Å²) in [6.45, 7) is 1.63. The molecule has 132 valence electrons. The van der Waals surface area contributed by atoms with Crippen molar-refractivity contribution in [2.75, 3.05) is 19.6 Å². The molecule has 0 saturated carbocycles. The number of hydrogen-bond acceptors (Lipinski definition) is 5. The molecule has 1 aromatic heterocycles. The fourth-order valence-electron chi connectivity index (χ4n) is 3.59. The molecule has 8 heteroatoms. The first-order valence-electron chi connectivity index (χ1n) is 8.33. The zero-order valence-electron chi connectivity index (χ0n) is 13.9. The van der Waals surface area contributed by atoms with Gasteiger partial charge >= 0.3 is 11.8 Å². The van der Waals surface area contributed by atoms with Gasteiger partial charge < -0.3 is 19.4 Å². The molecule has 2 fully saturated rings. The van der Waals surface area contributed by atoms with Gasteiger partial charge in [-0.05, 0) is 31.0 Å². The molecule has 0 bridgehead atoms. The summed E-state index contributed by atoms with van der Waals surface area (Å²) in [6.07, 6.45) is 1.74. The minimum Gasteiger partial charge on any atom is -0.441 e. The molecule has 2 aromatic rings. The first kappa shape index (κ1) is 15.7. The third-order valence-electron chi connectivity index (χ3n) is 5.09. The number of aromatic nitrogens is 1. The van der Waals surface area contributed by atoms with Gasteiger partial charge in [0.15, 0.2) is 5.58 Å². The Hall–Kier alpha value is -2.77. The van der Waals surface area contributed by atoms with Crippen LogP contribution >= 0.6 is 0 Å². The van der Waals surface area contributed by atoms with Gasteiger partial charge in [0, 0.05) is 32.1 Å². The highest BCUT2D eigenvalue weighted by molar-refractivity contribution is 5.97. The number of hydrogen-bond donors (Lipinski definition) is 1. The van der Waals surface area contributed by atoms with Crippen LogP contribution in [0.3, 0.4) is 0 Å². The van der Waals surface area contributed by atoms with Gasteiger partial charge in [0.2, 0.25) is 0 Å². The van der Waals surface area contributed by atoms with E-state index >= 15 is 0 Å². The normalized spacial score (nSPS) is 23.6. The highest BCUT2D eigenvalue weighted by atomic mass is 16.6. The Morgan fingerprint density at radius 3 is 2.84 bits per heavy atom. The molecule has 1 aromatic carbocycles. The number of nitrogens with one attached hydrogen (secondary N) is 1. The van der Waals surface area contributed by atoms with E-state index in [-0.39, 0.29) is 12.0 Å². The summed E-state index contributed by atoms with van der Waals surface area (Å²) in [5.41, 5.74) is 1.07. The largest absolute Gasteiger partial charge is 0.441 e. The Labute approximate surface area is 143 Å². The summed E-state index contributed by atoms with van der Waals surface area (Å²) in [7, 11) is 1.61. The van der Waals surface area contributed by atoms with Crippen molar-refractivity contribution in [3.8, 4) is 0 Å². The van der Waals surface area contributed by atoms with Gasteiger partial charge in [-0.2, -0.15) is 0 Å². The second kappa shape index (κ2) is 5.65. The van der Waals surface area contributed by atoms with Crippen LogP contribution in [0.15, 0.2) is 27.4 Å². The number of fused-ring (bicyclic) bond motifs is 1. The molecule has 1 unspecified atom stereocenters. The number of amides is 2. The third kappa shape index (κ3) is 2.67. The van der Waals surface area contributed by atoms with E-state index in [1.54, 1.807) is 30.1 Å². The number of nitrogens with zero attached hydrogens (tertiary/aromatic N) is 2. The van der Waals surface area contributed by atoms with Crippen molar-refractivity contribution in [3.05, 3.63) is 34.3 Å². The number of rotatable bonds is 1. The molecule has 1 atom stereocenters. The number of carbonyl (C=O) groups excluding carboxylic acids is 2. The number of carbonyl (C=O) groups is 2. The summed E-state index contributed by atoms with van der Waals surface area (Å²) in [4.78, 5) is 37.6. The van der Waals surface area contributed by atoms with Gasteiger partial charge in [0.05, 0.1) is 12.1 Å². The van der Waals surface area contributed by atoms with Gasteiger partial charge in [-0.25, -0.2) is 9.59 Å². The molecule has 1 N–H and O–H groups in total. The van der Waals surface area contributed by atoms with Gasteiger partial charge in [-0.15, -0.1) is 0 Å². The zero-order chi connectivity index (χ0) is 17.6. The van der Waals surface area contributed by atoms with E-state index in [0.717, 1.165) is 12.8 Å². The first-order valence-corrected chi connectivity index (χ1v) is 8.33. The minimum atomic E-state index is -0.496. The summed E-state index contributed by atoms with van der Waals surface area (Å²) in [5, 5.41) is 2.70. The topological polar surface area (TPSA) is 93.8 Å². The van der Waals surface area contributed by atoms with Crippen LogP contribution in [-0.4, -0.2) is 46.7 Å². The quantitative estimate of drug-likeness (QED) is 0.839. The van der Waals surface area contributed by atoms with Crippen molar-refractivity contribution in [3.63, 3.8) is 0 Å². The fraction of sp³-hybridized carbons (Fsp3) is 0.471. The van der Waals surface area contributed by atoms with Crippen LogP contribution in [0.2, 0.25) is 0 Å². The second-order valence-electron chi connectivity index (χ2n) is 6.68. The van der Waals surface area contributed by atoms with E-state index < -0.39 is 11.4 Å². The molecule has 25 heavy (non-hydrogen) atoms. The van der Waals surface area contributed by atoms with Crippen LogP contribution in [-0.2, 0) is 11.8 Å². The molecule has 1 spiro atoms. The Morgan fingerprint density at radius 2 is 2.08 bits per heavy atom. The number of alkyl carbamates (subject to hydrolysis) is 1. The lowest BCUT2D eigenvalue weighted by Crippen LogP contribution is -2.36. The van der Waals surface area contributed by atoms with Crippen molar-refractivity contribution < 1.29 is 18.7 Å².